The summed E-state index contributed by atoms with van der Waals surface area (Å²) in [5.74, 6) is -0.220. The van der Waals surface area contributed by atoms with Crippen LogP contribution in [0.4, 0.5) is 5.69 Å². The molecule has 0 heterocycles. The van der Waals surface area contributed by atoms with Crippen LogP contribution in [0.15, 0.2) is 146 Å². The monoisotopic (exact) mass is 549 g/mol. The van der Waals surface area contributed by atoms with Gasteiger partial charge in [0.2, 0.25) is 5.91 Å². The van der Waals surface area contributed by atoms with Crippen LogP contribution in [0.2, 0.25) is 0 Å². The summed E-state index contributed by atoms with van der Waals surface area (Å²) < 4.78 is 5.85. The second-order valence-electron chi connectivity index (χ2n) is 11.4. The van der Waals surface area contributed by atoms with Crippen LogP contribution in [0.1, 0.15) is 35.1 Å². The normalized spacial score (nSPS) is 19.3. The third-order valence-electron chi connectivity index (χ3n) is 9.02. The first-order chi connectivity index (χ1) is 20.6. The molecule has 2 saturated carbocycles. The summed E-state index contributed by atoms with van der Waals surface area (Å²) in [5.41, 5.74) is 4.53. The van der Waals surface area contributed by atoms with Crippen LogP contribution in [-0.4, -0.2) is 11.9 Å². The maximum absolute atomic E-state index is 13.4. The average molecular weight is 550 g/mol. The van der Waals surface area contributed by atoms with Crippen molar-refractivity contribution in [1.29, 1.82) is 0 Å². The summed E-state index contributed by atoms with van der Waals surface area (Å²) in [6, 6.07) is 48.0. The molecule has 7 rings (SSSR count). The molecule has 4 nitrogen and oxygen atoms in total. The summed E-state index contributed by atoms with van der Waals surface area (Å²) in [5, 5.41) is 3.09. The molecule has 0 aliphatic heterocycles. The molecule has 5 aromatic carbocycles. The van der Waals surface area contributed by atoms with Crippen LogP contribution in [0.5, 0.6) is 5.75 Å². The molecule has 0 unspecified atom stereocenters. The average Bonchev–Trinajstić information content (AvgIpc) is 3.98. The number of hydrogen-bond donors (Lipinski definition) is 1. The molecule has 2 fully saturated rings. The van der Waals surface area contributed by atoms with Crippen molar-refractivity contribution < 1.29 is 14.3 Å². The number of benzene rings is 5. The van der Waals surface area contributed by atoms with Gasteiger partial charge in [0.25, 0.3) is 0 Å². The standard InChI is InChI=1S/C38H31NO3/c40-35(33-25-37(33,27-13-5-1-6-14-27)28-15-7-2-8-16-28)39-31-21-23-32(24-22-31)42-36(41)34-26-38(34,29-17-9-3-10-18-29)30-19-11-4-12-20-30/h1-24,33-34H,25-26H2,(H,39,40)/t33-,34+/m0/s1. The van der Waals surface area contributed by atoms with Crippen molar-refractivity contribution >= 4 is 17.6 Å². The van der Waals surface area contributed by atoms with Crippen LogP contribution in [-0.2, 0) is 20.4 Å². The Balaban J connectivity index is 1.04. The Kier molecular flexibility index (Phi) is 6.47. The molecule has 1 N–H and O–H groups in total. The van der Waals surface area contributed by atoms with Crippen LogP contribution in [0.3, 0.4) is 0 Å². The lowest BCUT2D eigenvalue weighted by atomic mass is 9.85. The van der Waals surface area contributed by atoms with E-state index in [9.17, 15) is 9.59 Å². The fourth-order valence-corrected chi connectivity index (χ4v) is 6.70. The van der Waals surface area contributed by atoms with E-state index >= 15 is 0 Å². The minimum atomic E-state index is -0.373. The van der Waals surface area contributed by atoms with Gasteiger partial charge in [-0.3, -0.25) is 9.59 Å². The number of rotatable bonds is 8. The van der Waals surface area contributed by atoms with Gasteiger partial charge in [-0.2, -0.15) is 0 Å². The Morgan fingerprint density at radius 1 is 0.524 bits per heavy atom. The third-order valence-corrected chi connectivity index (χ3v) is 9.02. The van der Waals surface area contributed by atoms with Gasteiger partial charge in [0.15, 0.2) is 0 Å². The van der Waals surface area contributed by atoms with Crippen LogP contribution in [0, 0.1) is 11.8 Å². The van der Waals surface area contributed by atoms with Crippen molar-refractivity contribution in [2.24, 2.45) is 11.8 Å². The molecule has 5 aromatic rings. The molecular weight excluding hydrogens is 518 g/mol. The summed E-state index contributed by atoms with van der Waals surface area (Å²) in [6.07, 6.45) is 1.47. The van der Waals surface area contributed by atoms with E-state index < -0.39 is 0 Å². The number of hydrogen-bond acceptors (Lipinski definition) is 3. The summed E-state index contributed by atoms with van der Waals surface area (Å²) in [6.45, 7) is 0. The molecule has 0 radical (unpaired) electrons. The van der Waals surface area contributed by atoms with Crippen molar-refractivity contribution in [3.8, 4) is 5.75 Å². The molecule has 2 aliphatic carbocycles. The van der Waals surface area contributed by atoms with Crippen LogP contribution >= 0.6 is 0 Å². The number of esters is 1. The van der Waals surface area contributed by atoms with Crippen LogP contribution in [0.25, 0.3) is 0 Å². The maximum Gasteiger partial charge on any atom is 0.315 e. The van der Waals surface area contributed by atoms with Crippen molar-refractivity contribution in [3.05, 3.63) is 168 Å². The smallest absolute Gasteiger partial charge is 0.315 e. The van der Waals surface area contributed by atoms with Crippen LogP contribution < -0.4 is 10.1 Å². The summed E-state index contributed by atoms with van der Waals surface area (Å²) >= 11 is 0. The largest absolute Gasteiger partial charge is 0.426 e. The molecule has 4 heteroatoms. The fourth-order valence-electron chi connectivity index (χ4n) is 6.70. The summed E-state index contributed by atoms with van der Waals surface area (Å²) in [7, 11) is 0. The molecule has 0 saturated heterocycles. The van der Waals surface area contributed by atoms with Gasteiger partial charge in [-0.25, -0.2) is 0 Å². The SMILES string of the molecule is O=C(Oc1ccc(NC(=O)[C@@H]2CC2(c2ccccc2)c2ccccc2)cc1)[C@H]1CC1(c1ccccc1)c1ccccc1. The third kappa shape index (κ3) is 4.50. The van der Waals surface area contributed by atoms with Gasteiger partial charge in [-0.1, -0.05) is 121 Å². The Hall–Kier alpha value is -4.96. The van der Waals surface area contributed by atoms with Gasteiger partial charge in [0.1, 0.15) is 5.75 Å². The van der Waals surface area contributed by atoms with Gasteiger partial charge in [-0.15, -0.1) is 0 Å². The van der Waals surface area contributed by atoms with Crippen molar-refractivity contribution in [2.75, 3.05) is 5.32 Å². The molecule has 206 valence electrons. The van der Waals surface area contributed by atoms with Gasteiger partial charge in [-0.05, 0) is 59.4 Å². The maximum atomic E-state index is 13.4. The molecule has 0 spiro atoms. The van der Waals surface area contributed by atoms with Gasteiger partial charge in [0, 0.05) is 16.5 Å². The Labute approximate surface area is 246 Å². The summed E-state index contributed by atoms with van der Waals surface area (Å²) in [4.78, 5) is 26.8. The molecule has 2 atom stereocenters. The highest BCUT2D eigenvalue weighted by molar-refractivity contribution is 5.97. The van der Waals surface area contributed by atoms with E-state index in [0.717, 1.165) is 28.7 Å². The Morgan fingerprint density at radius 3 is 1.33 bits per heavy atom. The van der Waals surface area contributed by atoms with E-state index in [-0.39, 0.29) is 34.5 Å². The molecule has 0 bridgehead atoms. The minimum absolute atomic E-state index is 0.0130. The first kappa shape index (κ1) is 26.0. The van der Waals surface area contributed by atoms with E-state index in [1.165, 1.54) is 0 Å². The second-order valence-corrected chi connectivity index (χ2v) is 11.4. The van der Waals surface area contributed by atoms with Crippen molar-refractivity contribution in [3.63, 3.8) is 0 Å². The topological polar surface area (TPSA) is 55.4 Å². The number of carbonyl (C=O) groups excluding carboxylic acids is 2. The molecular formula is C38H31NO3. The Bertz CT molecular complexity index is 1490. The fraction of sp³-hybridized carbons (Fsp3) is 0.158. The van der Waals surface area contributed by atoms with Crippen molar-refractivity contribution in [1.82, 2.24) is 0 Å². The highest BCUT2D eigenvalue weighted by Crippen LogP contribution is 2.60. The zero-order valence-electron chi connectivity index (χ0n) is 23.2. The zero-order valence-corrected chi connectivity index (χ0v) is 23.2. The number of carbonyl (C=O) groups is 2. The van der Waals surface area contributed by atoms with E-state index in [4.69, 9.17) is 4.74 Å². The first-order valence-electron chi connectivity index (χ1n) is 14.5. The minimum Gasteiger partial charge on any atom is -0.426 e. The quantitative estimate of drug-likeness (QED) is 0.161. The van der Waals surface area contributed by atoms with Crippen molar-refractivity contribution in [2.45, 2.75) is 23.7 Å². The van der Waals surface area contributed by atoms with E-state index in [1.807, 2.05) is 72.8 Å². The first-order valence-corrected chi connectivity index (χ1v) is 14.5. The predicted octanol–water partition coefficient (Wildman–Crippen LogP) is 7.54. The van der Waals surface area contributed by atoms with Gasteiger partial charge >= 0.3 is 5.97 Å². The Morgan fingerprint density at radius 2 is 0.905 bits per heavy atom. The lowest BCUT2D eigenvalue weighted by Crippen LogP contribution is -2.22. The van der Waals surface area contributed by atoms with Gasteiger partial charge in [0.05, 0.1) is 11.8 Å². The number of nitrogens with one attached hydrogen (secondary N) is 1. The molecule has 0 aromatic heterocycles. The molecule has 2 aliphatic rings. The molecule has 42 heavy (non-hydrogen) atoms. The number of ether oxygens (including phenoxy) is 1. The van der Waals surface area contributed by atoms with Gasteiger partial charge < -0.3 is 10.1 Å². The predicted molar refractivity (Wildman–Crippen MR) is 164 cm³/mol. The van der Waals surface area contributed by atoms with E-state index in [2.05, 4.69) is 53.8 Å². The highest BCUT2D eigenvalue weighted by atomic mass is 16.5. The lowest BCUT2D eigenvalue weighted by Gasteiger charge is -2.19. The molecule has 1 amide bonds. The highest BCUT2D eigenvalue weighted by Gasteiger charge is 2.61. The van der Waals surface area contributed by atoms with E-state index in [1.54, 1.807) is 24.3 Å². The lowest BCUT2D eigenvalue weighted by molar-refractivity contribution is -0.136. The number of anilines is 1. The zero-order chi connectivity index (χ0) is 28.6. The number of amides is 1. The van der Waals surface area contributed by atoms with E-state index in [0.29, 0.717) is 17.9 Å². The second kappa shape index (κ2) is 10.5.